The number of pyridine rings is 1. The fraction of sp³-hybridized carbons (Fsp3) is 0.385. The Morgan fingerprint density at radius 1 is 1.11 bits per heavy atom. The van der Waals surface area contributed by atoms with Crippen molar-refractivity contribution in [2.45, 2.75) is 76.5 Å². The minimum Gasteiger partial charge on any atom is -0.378 e. The molecule has 0 bridgehead atoms. The molecule has 2 aliphatic carbocycles. The van der Waals surface area contributed by atoms with E-state index in [1.54, 1.807) is 25.2 Å². The predicted octanol–water partition coefficient (Wildman–Crippen LogP) is 6.52. The SMILES string of the molecule is CCc1nn(CC(=O)NC(Cc2cc(F)cc(F)c2)c2nc(C#CC(C)(C)O)ccc2-c2ccc(Cl)c3c(NS(C)(=O)=O)nn(C)c23)c2c1C1CCC1C2(F)F. The molecule has 17 heteroatoms. The third-order valence-electron chi connectivity index (χ3n) is 10.1. The van der Waals surface area contributed by atoms with Gasteiger partial charge in [-0.3, -0.25) is 18.9 Å². The topological polar surface area (TPSA) is 144 Å². The van der Waals surface area contributed by atoms with Gasteiger partial charge in [-0.05, 0) is 87.3 Å². The van der Waals surface area contributed by atoms with Crippen molar-refractivity contribution in [3.8, 4) is 23.0 Å². The predicted molar refractivity (Wildman–Crippen MR) is 203 cm³/mol. The number of alkyl halides is 2. The minimum atomic E-state index is -3.79. The van der Waals surface area contributed by atoms with E-state index in [9.17, 15) is 27.1 Å². The highest BCUT2D eigenvalue weighted by Gasteiger charge is 2.61. The number of anilines is 1. The number of hydrogen-bond acceptors (Lipinski definition) is 7. The number of carbonyl (C=O) groups is 1. The molecule has 2 aliphatic rings. The van der Waals surface area contributed by atoms with Gasteiger partial charge in [-0.2, -0.15) is 19.0 Å². The molecule has 1 amide bonds. The summed E-state index contributed by atoms with van der Waals surface area (Å²) >= 11 is 6.62. The molecule has 56 heavy (non-hydrogen) atoms. The summed E-state index contributed by atoms with van der Waals surface area (Å²) in [7, 11) is -2.21. The number of rotatable bonds is 10. The van der Waals surface area contributed by atoms with E-state index in [1.807, 2.05) is 6.92 Å². The molecule has 7 rings (SSSR count). The maximum absolute atomic E-state index is 15.7. The van der Waals surface area contributed by atoms with Crippen LogP contribution in [0.5, 0.6) is 0 Å². The Morgan fingerprint density at radius 2 is 1.80 bits per heavy atom. The highest BCUT2D eigenvalue weighted by molar-refractivity contribution is 7.92. The van der Waals surface area contributed by atoms with Crippen LogP contribution in [-0.4, -0.2) is 55.8 Å². The van der Waals surface area contributed by atoms with Crippen LogP contribution in [0.3, 0.4) is 0 Å². The van der Waals surface area contributed by atoms with Crippen molar-refractivity contribution >= 4 is 44.3 Å². The van der Waals surface area contributed by atoms with Crippen LogP contribution in [0.25, 0.3) is 22.0 Å². The van der Waals surface area contributed by atoms with E-state index < -0.39 is 57.6 Å². The number of nitrogens with zero attached hydrogens (tertiary/aromatic N) is 5. The van der Waals surface area contributed by atoms with Gasteiger partial charge in [0.1, 0.15) is 35.2 Å². The van der Waals surface area contributed by atoms with Crippen LogP contribution in [0.15, 0.2) is 42.5 Å². The van der Waals surface area contributed by atoms with Crippen molar-refractivity contribution in [3.63, 3.8) is 0 Å². The van der Waals surface area contributed by atoms with Gasteiger partial charge in [-0.25, -0.2) is 22.2 Å². The van der Waals surface area contributed by atoms with E-state index in [2.05, 4.69) is 32.1 Å². The molecule has 0 radical (unpaired) electrons. The summed E-state index contributed by atoms with van der Waals surface area (Å²) in [6.45, 7) is 4.21. The molecule has 294 valence electrons. The van der Waals surface area contributed by atoms with Crippen molar-refractivity contribution in [2.24, 2.45) is 13.0 Å². The summed E-state index contributed by atoms with van der Waals surface area (Å²) in [5.41, 5.74) is 0.984. The second-order valence-corrected chi connectivity index (χ2v) is 17.0. The molecule has 3 N–H and O–H groups in total. The van der Waals surface area contributed by atoms with Crippen LogP contribution in [0, 0.1) is 29.4 Å². The van der Waals surface area contributed by atoms with Crippen molar-refractivity contribution in [1.29, 1.82) is 0 Å². The summed E-state index contributed by atoms with van der Waals surface area (Å²) in [5.74, 6) is -1.30. The van der Waals surface area contributed by atoms with Crippen molar-refractivity contribution < 1.29 is 35.9 Å². The van der Waals surface area contributed by atoms with Gasteiger partial charge in [0.05, 0.1) is 39.6 Å². The number of halogens is 5. The lowest BCUT2D eigenvalue weighted by Crippen LogP contribution is -2.36. The van der Waals surface area contributed by atoms with Crippen molar-refractivity contribution in [3.05, 3.63) is 93.0 Å². The first kappa shape index (κ1) is 39.3. The number of aromatic nitrogens is 5. The molecule has 3 atom stereocenters. The van der Waals surface area contributed by atoms with Crippen LogP contribution in [-0.2, 0) is 47.2 Å². The fourth-order valence-electron chi connectivity index (χ4n) is 7.75. The molecule has 1 fully saturated rings. The Morgan fingerprint density at radius 3 is 2.43 bits per heavy atom. The van der Waals surface area contributed by atoms with Gasteiger partial charge in [-0.1, -0.05) is 30.5 Å². The van der Waals surface area contributed by atoms with Crippen molar-refractivity contribution in [2.75, 3.05) is 11.0 Å². The van der Waals surface area contributed by atoms with Gasteiger partial charge in [0.15, 0.2) is 5.82 Å². The largest absolute Gasteiger partial charge is 0.378 e. The lowest BCUT2D eigenvalue weighted by Gasteiger charge is -2.34. The molecular formula is C39H38ClF4N7O4S. The van der Waals surface area contributed by atoms with Crippen LogP contribution < -0.4 is 10.0 Å². The number of hydrogen-bond donors (Lipinski definition) is 3. The second kappa shape index (κ2) is 14.2. The monoisotopic (exact) mass is 811 g/mol. The lowest BCUT2D eigenvalue weighted by molar-refractivity contribution is -0.123. The average Bonchev–Trinajstić information content (AvgIpc) is 3.63. The van der Waals surface area contributed by atoms with Crippen LogP contribution in [0.4, 0.5) is 23.4 Å². The number of sulfonamides is 1. The molecule has 3 unspecified atom stereocenters. The molecule has 1 saturated carbocycles. The maximum atomic E-state index is 15.7. The average molecular weight is 812 g/mol. The Labute approximate surface area is 325 Å². The molecule has 2 aromatic carbocycles. The second-order valence-electron chi connectivity index (χ2n) is 14.8. The fourth-order valence-corrected chi connectivity index (χ4v) is 8.49. The number of carbonyl (C=O) groups excluding carboxylic acids is 1. The van der Waals surface area contributed by atoms with E-state index in [-0.39, 0.29) is 51.2 Å². The van der Waals surface area contributed by atoms with E-state index in [4.69, 9.17) is 16.6 Å². The Kier molecular flexibility index (Phi) is 9.95. The number of aliphatic hydroxyl groups is 1. The summed E-state index contributed by atoms with van der Waals surface area (Å²) in [6, 6.07) is 8.15. The summed E-state index contributed by atoms with van der Waals surface area (Å²) in [5, 5.41) is 22.5. The third kappa shape index (κ3) is 7.47. The van der Waals surface area contributed by atoms with Crippen LogP contribution >= 0.6 is 11.6 Å². The zero-order chi connectivity index (χ0) is 40.5. The Hall–Kier alpha value is -4.98. The van der Waals surface area contributed by atoms with Crippen LogP contribution in [0.1, 0.15) is 79.5 Å². The molecule has 3 heterocycles. The molecule has 0 aliphatic heterocycles. The summed E-state index contributed by atoms with van der Waals surface area (Å²) in [6.07, 6.45) is 2.14. The van der Waals surface area contributed by atoms with E-state index in [0.717, 1.165) is 23.1 Å². The highest BCUT2D eigenvalue weighted by atomic mass is 35.5. The number of aryl methyl sites for hydroxylation is 2. The Bertz CT molecular complexity index is 2570. The maximum Gasteiger partial charge on any atom is 0.293 e. The van der Waals surface area contributed by atoms with E-state index in [0.29, 0.717) is 53.2 Å². The number of nitrogens with one attached hydrogen (secondary N) is 2. The van der Waals surface area contributed by atoms with Gasteiger partial charge in [0.2, 0.25) is 15.9 Å². The molecule has 0 saturated heterocycles. The first-order chi connectivity index (χ1) is 26.2. The van der Waals surface area contributed by atoms with Gasteiger partial charge >= 0.3 is 0 Å². The first-order valence-electron chi connectivity index (χ1n) is 17.9. The smallest absolute Gasteiger partial charge is 0.293 e. The van der Waals surface area contributed by atoms with Gasteiger partial charge in [0, 0.05) is 35.7 Å². The normalized spacial score (nSPS) is 17.8. The molecule has 11 nitrogen and oxygen atoms in total. The lowest BCUT2D eigenvalue weighted by atomic mass is 9.73. The van der Waals surface area contributed by atoms with Gasteiger partial charge in [0.25, 0.3) is 5.92 Å². The van der Waals surface area contributed by atoms with Gasteiger partial charge < -0.3 is 10.4 Å². The Balaban J connectivity index is 1.38. The standard InChI is InChI=1S/C39H38ClF4N7O4S/c1-6-29-32-26-9-11-27(26)39(43,44)36(32)51(47-29)19-31(52)46-30(17-20-15-21(41)18-22(42)16-20)34-24(8-7-23(45-34)13-14-38(2,3)53)25-10-12-28(40)33-35(25)50(4)48-37(33)49-56(5,54)55/h7-8,10,12,15-16,18,26-27,30,53H,6,9,11,17,19H2,1-5H3,(H,46,52)(H,48,49). The molecule has 3 aromatic heterocycles. The molecule has 5 aromatic rings. The summed E-state index contributed by atoms with van der Waals surface area (Å²) in [4.78, 5) is 18.9. The third-order valence-corrected chi connectivity index (χ3v) is 11.0. The first-order valence-corrected chi connectivity index (χ1v) is 20.1. The number of benzene rings is 2. The zero-order valence-corrected chi connectivity index (χ0v) is 32.6. The highest BCUT2D eigenvalue weighted by Crippen LogP contribution is 2.62. The molecular weight excluding hydrogens is 774 g/mol. The quantitative estimate of drug-likeness (QED) is 0.108. The minimum absolute atomic E-state index is 0.0393. The zero-order valence-electron chi connectivity index (χ0n) is 31.0. The van der Waals surface area contributed by atoms with E-state index in [1.165, 1.54) is 24.6 Å². The van der Waals surface area contributed by atoms with Gasteiger partial charge in [-0.15, -0.1) is 0 Å². The van der Waals surface area contributed by atoms with Crippen molar-refractivity contribution in [1.82, 2.24) is 29.9 Å². The van der Waals surface area contributed by atoms with Crippen LogP contribution in [0.2, 0.25) is 5.02 Å². The number of amides is 1. The number of fused-ring (bicyclic) bond motifs is 4. The van der Waals surface area contributed by atoms with E-state index >= 15 is 8.78 Å². The molecule has 0 spiro atoms. The summed E-state index contributed by atoms with van der Waals surface area (Å²) < 4.78 is 90.1.